The van der Waals surface area contributed by atoms with Crippen molar-refractivity contribution in [3.63, 3.8) is 0 Å². The number of nitrogens with zero attached hydrogens (tertiary/aromatic N) is 1. The average molecular weight is 533 g/mol. The van der Waals surface area contributed by atoms with Crippen LogP contribution in [0, 0.1) is 5.92 Å². The first kappa shape index (κ1) is 25.2. The van der Waals surface area contributed by atoms with Gasteiger partial charge in [-0.25, -0.2) is 0 Å². The van der Waals surface area contributed by atoms with E-state index < -0.39 is 5.92 Å². The Bertz CT molecular complexity index is 1210. The van der Waals surface area contributed by atoms with Gasteiger partial charge in [-0.2, -0.15) is 0 Å². The molecule has 1 saturated heterocycles. The van der Waals surface area contributed by atoms with Crippen molar-refractivity contribution in [2.45, 2.75) is 26.4 Å². The van der Waals surface area contributed by atoms with E-state index in [-0.39, 0.29) is 24.8 Å². The molecule has 2 amide bonds. The zero-order valence-electron chi connectivity index (χ0n) is 19.0. The summed E-state index contributed by atoms with van der Waals surface area (Å²) in [7, 11) is 0. The van der Waals surface area contributed by atoms with Crippen LogP contribution in [-0.2, 0) is 22.6 Å². The van der Waals surface area contributed by atoms with Crippen molar-refractivity contribution in [3.05, 3.63) is 86.9 Å². The van der Waals surface area contributed by atoms with Crippen LogP contribution in [0.1, 0.15) is 24.5 Å². The standard InChI is InChI=1S/C26H24Cl3N3O3/c1-2-16-6-9-19(10-7-16)32-14-17(12-25(32)33)26(34)31-30-23-13-18(27)8-11-24(23)35-15-20-21(28)4-3-5-22(20)29/h3-11,13,17,30H,2,12,14-15H2,1H3,(H,31,34)/t17-/m1/s1. The van der Waals surface area contributed by atoms with Gasteiger partial charge >= 0.3 is 0 Å². The molecule has 0 bridgehead atoms. The average Bonchev–Trinajstić information content (AvgIpc) is 3.25. The number of benzene rings is 3. The molecule has 9 heteroatoms. The summed E-state index contributed by atoms with van der Waals surface area (Å²) in [6.45, 7) is 2.51. The number of amides is 2. The van der Waals surface area contributed by atoms with Crippen LogP contribution in [0.25, 0.3) is 0 Å². The van der Waals surface area contributed by atoms with E-state index in [1.807, 2.05) is 24.3 Å². The fourth-order valence-corrected chi connectivity index (χ4v) is 4.50. The van der Waals surface area contributed by atoms with Crippen molar-refractivity contribution in [2.24, 2.45) is 5.92 Å². The highest BCUT2D eigenvalue weighted by molar-refractivity contribution is 6.36. The third kappa shape index (κ3) is 6.01. The lowest BCUT2D eigenvalue weighted by Crippen LogP contribution is -2.36. The van der Waals surface area contributed by atoms with Gasteiger partial charge in [-0.1, -0.05) is 59.9 Å². The summed E-state index contributed by atoms with van der Waals surface area (Å²) in [5.74, 6) is -0.430. The summed E-state index contributed by atoms with van der Waals surface area (Å²) in [5, 5.41) is 1.45. The monoisotopic (exact) mass is 531 g/mol. The van der Waals surface area contributed by atoms with Gasteiger partial charge in [0.05, 0.1) is 11.6 Å². The number of rotatable bonds is 8. The molecule has 182 valence electrons. The summed E-state index contributed by atoms with van der Waals surface area (Å²) >= 11 is 18.6. The molecule has 1 heterocycles. The lowest BCUT2D eigenvalue weighted by Gasteiger charge is -2.18. The van der Waals surface area contributed by atoms with Gasteiger partial charge in [0.2, 0.25) is 11.8 Å². The summed E-state index contributed by atoms with van der Waals surface area (Å²) in [6.07, 6.45) is 1.05. The van der Waals surface area contributed by atoms with Gasteiger partial charge in [0.1, 0.15) is 12.4 Å². The molecule has 0 aliphatic carbocycles. The van der Waals surface area contributed by atoms with Crippen molar-refractivity contribution >= 4 is 58.0 Å². The number of ether oxygens (including phenoxy) is 1. The van der Waals surface area contributed by atoms with Gasteiger partial charge in [-0.15, -0.1) is 0 Å². The maximum atomic E-state index is 12.8. The second-order valence-corrected chi connectivity index (χ2v) is 9.42. The fourth-order valence-electron chi connectivity index (χ4n) is 3.82. The van der Waals surface area contributed by atoms with Gasteiger partial charge in [-0.3, -0.25) is 20.4 Å². The van der Waals surface area contributed by atoms with Crippen molar-refractivity contribution in [3.8, 4) is 5.75 Å². The van der Waals surface area contributed by atoms with E-state index in [2.05, 4.69) is 17.8 Å². The highest BCUT2D eigenvalue weighted by Crippen LogP contribution is 2.31. The van der Waals surface area contributed by atoms with Gasteiger partial charge in [-0.05, 0) is 54.4 Å². The van der Waals surface area contributed by atoms with Crippen molar-refractivity contribution < 1.29 is 14.3 Å². The van der Waals surface area contributed by atoms with Crippen LogP contribution in [0.3, 0.4) is 0 Å². The highest BCUT2D eigenvalue weighted by Gasteiger charge is 2.35. The number of hydrazine groups is 1. The molecule has 1 aliphatic rings. The molecule has 0 saturated carbocycles. The Morgan fingerprint density at radius 3 is 2.46 bits per heavy atom. The Balaban J connectivity index is 1.39. The minimum absolute atomic E-state index is 0.0854. The SMILES string of the molecule is CCc1ccc(N2C[C@H](C(=O)NNc3cc(Cl)ccc3OCc3c(Cl)cccc3Cl)CC2=O)cc1. The van der Waals surface area contributed by atoms with E-state index in [1.165, 1.54) is 5.56 Å². The number of carbonyl (C=O) groups is 2. The summed E-state index contributed by atoms with van der Waals surface area (Å²) in [5.41, 5.74) is 8.65. The summed E-state index contributed by atoms with van der Waals surface area (Å²) in [6, 6.07) is 18.0. The molecule has 4 rings (SSSR count). The van der Waals surface area contributed by atoms with Gasteiger partial charge in [0, 0.05) is 39.3 Å². The second-order valence-electron chi connectivity index (χ2n) is 8.17. The molecule has 0 radical (unpaired) electrons. The molecule has 3 aromatic carbocycles. The number of hydrogen-bond donors (Lipinski definition) is 2. The molecular weight excluding hydrogens is 509 g/mol. The predicted molar refractivity (Wildman–Crippen MR) is 140 cm³/mol. The smallest absolute Gasteiger partial charge is 0.243 e. The van der Waals surface area contributed by atoms with Crippen molar-refractivity contribution in [1.82, 2.24) is 5.43 Å². The molecule has 1 fully saturated rings. The largest absolute Gasteiger partial charge is 0.487 e. The van der Waals surface area contributed by atoms with Crippen LogP contribution in [0.2, 0.25) is 15.1 Å². The molecule has 35 heavy (non-hydrogen) atoms. The Kier molecular flexibility index (Phi) is 8.06. The minimum Gasteiger partial charge on any atom is -0.487 e. The molecule has 3 aromatic rings. The maximum absolute atomic E-state index is 12.8. The Hall–Kier alpha value is -2.93. The molecule has 1 aliphatic heterocycles. The topological polar surface area (TPSA) is 70.7 Å². The highest BCUT2D eigenvalue weighted by atomic mass is 35.5. The van der Waals surface area contributed by atoms with Crippen LogP contribution in [-0.4, -0.2) is 18.4 Å². The van der Waals surface area contributed by atoms with Crippen LogP contribution < -0.4 is 20.5 Å². The number of anilines is 2. The van der Waals surface area contributed by atoms with E-state index in [0.29, 0.717) is 38.6 Å². The molecule has 0 unspecified atom stereocenters. The number of aryl methyl sites for hydroxylation is 1. The van der Waals surface area contributed by atoms with Crippen LogP contribution in [0.5, 0.6) is 5.75 Å². The molecule has 0 spiro atoms. The summed E-state index contributed by atoms with van der Waals surface area (Å²) < 4.78 is 5.90. The zero-order valence-corrected chi connectivity index (χ0v) is 21.3. The second kappa shape index (κ2) is 11.2. The van der Waals surface area contributed by atoms with E-state index >= 15 is 0 Å². The number of carbonyl (C=O) groups excluding carboxylic acids is 2. The normalized spacial score (nSPS) is 15.3. The van der Waals surface area contributed by atoms with Crippen molar-refractivity contribution in [1.29, 1.82) is 0 Å². The Labute approximate surface area is 219 Å². The van der Waals surface area contributed by atoms with Crippen molar-refractivity contribution in [2.75, 3.05) is 16.9 Å². The quantitative estimate of drug-likeness (QED) is 0.335. The Morgan fingerprint density at radius 1 is 1.06 bits per heavy atom. The van der Waals surface area contributed by atoms with Crippen LogP contribution in [0.15, 0.2) is 60.7 Å². The zero-order chi connectivity index (χ0) is 24.9. The number of hydrogen-bond acceptors (Lipinski definition) is 4. The summed E-state index contributed by atoms with van der Waals surface area (Å²) in [4.78, 5) is 27.0. The first-order chi connectivity index (χ1) is 16.9. The third-order valence-electron chi connectivity index (χ3n) is 5.85. The maximum Gasteiger partial charge on any atom is 0.243 e. The number of halogens is 3. The minimum atomic E-state index is -0.494. The van der Waals surface area contributed by atoms with E-state index in [0.717, 1.165) is 12.1 Å². The van der Waals surface area contributed by atoms with Crippen LogP contribution >= 0.6 is 34.8 Å². The van der Waals surface area contributed by atoms with E-state index in [1.54, 1.807) is 41.3 Å². The van der Waals surface area contributed by atoms with E-state index in [4.69, 9.17) is 39.5 Å². The lowest BCUT2D eigenvalue weighted by molar-refractivity contribution is -0.125. The number of nitrogens with one attached hydrogen (secondary N) is 2. The van der Waals surface area contributed by atoms with Gasteiger partial charge in [0.25, 0.3) is 0 Å². The van der Waals surface area contributed by atoms with E-state index in [9.17, 15) is 9.59 Å². The molecular formula is C26H24Cl3N3O3. The lowest BCUT2D eigenvalue weighted by atomic mass is 10.1. The van der Waals surface area contributed by atoms with Gasteiger partial charge in [0.15, 0.2) is 0 Å². The van der Waals surface area contributed by atoms with Gasteiger partial charge < -0.3 is 9.64 Å². The first-order valence-corrected chi connectivity index (χ1v) is 12.3. The predicted octanol–water partition coefficient (Wildman–Crippen LogP) is 6.28. The molecule has 6 nitrogen and oxygen atoms in total. The Morgan fingerprint density at radius 2 is 1.77 bits per heavy atom. The third-order valence-corrected chi connectivity index (χ3v) is 6.79. The fraction of sp³-hybridized carbons (Fsp3) is 0.231. The molecule has 1 atom stereocenters. The van der Waals surface area contributed by atoms with Crippen LogP contribution in [0.4, 0.5) is 11.4 Å². The molecule has 2 N–H and O–H groups in total. The first-order valence-electron chi connectivity index (χ1n) is 11.2. The molecule has 0 aromatic heterocycles.